The van der Waals surface area contributed by atoms with Crippen LogP contribution in [0.3, 0.4) is 0 Å². The molecule has 0 N–H and O–H groups in total. The first kappa shape index (κ1) is 32.9. The number of aromatic nitrogens is 2. The van der Waals surface area contributed by atoms with Gasteiger partial charge in [-0.2, -0.15) is 5.26 Å². The Kier molecular flexibility index (Phi) is 9.59. The topological polar surface area (TPSA) is 49.6 Å². The zero-order chi connectivity index (χ0) is 35.2. The fourth-order valence-electron chi connectivity index (χ4n) is 6.64. The minimum Gasteiger partial charge on any atom is -0.228 e. The van der Waals surface area contributed by atoms with Gasteiger partial charge in [-0.05, 0) is 93.4 Å². The summed E-state index contributed by atoms with van der Waals surface area (Å²) in [6.07, 6.45) is 5.15. The minimum absolute atomic E-state index is 0.652. The van der Waals surface area contributed by atoms with E-state index in [1.54, 1.807) is 0 Å². The number of nitrogens with zero attached hydrogens (tertiary/aromatic N) is 3. The summed E-state index contributed by atoms with van der Waals surface area (Å²) < 4.78 is 0. The van der Waals surface area contributed by atoms with Crippen molar-refractivity contribution in [1.82, 2.24) is 9.97 Å². The smallest absolute Gasteiger partial charge is 0.160 e. The second-order valence-electron chi connectivity index (χ2n) is 12.5. The summed E-state index contributed by atoms with van der Waals surface area (Å²) in [5, 5.41) is 11.7. The number of rotatable bonds is 9. The van der Waals surface area contributed by atoms with Gasteiger partial charge in [0.25, 0.3) is 0 Å². The second kappa shape index (κ2) is 14.9. The van der Waals surface area contributed by atoms with Crippen LogP contribution in [-0.2, 0) is 0 Å². The third-order valence-electron chi connectivity index (χ3n) is 9.24. The van der Waals surface area contributed by atoms with E-state index in [-0.39, 0.29) is 0 Å². The molecule has 0 aliphatic carbocycles. The van der Waals surface area contributed by atoms with Gasteiger partial charge < -0.3 is 0 Å². The molecule has 0 saturated heterocycles. The van der Waals surface area contributed by atoms with Gasteiger partial charge >= 0.3 is 0 Å². The van der Waals surface area contributed by atoms with E-state index in [4.69, 9.17) is 9.97 Å². The SMILES string of the molecule is C=C/C(=C(C)/C(=C\CC)c1cc(-c2ccc(C#N)cc2)c2ccccc2c1)c1ccc(-c2cc(-c3ccccc3)nc(-c3ccccc3)n2)cc1. The maximum absolute atomic E-state index is 9.38. The molecule has 0 atom stereocenters. The number of fused-ring (bicyclic) bond motifs is 1. The number of hydrogen-bond acceptors (Lipinski definition) is 3. The van der Waals surface area contributed by atoms with E-state index in [0.717, 1.165) is 67.9 Å². The Hall–Kier alpha value is -6.63. The van der Waals surface area contributed by atoms with Gasteiger partial charge in [-0.15, -0.1) is 0 Å². The average molecular weight is 656 g/mol. The molecule has 0 saturated carbocycles. The van der Waals surface area contributed by atoms with Crippen LogP contribution in [0.5, 0.6) is 0 Å². The summed E-state index contributed by atoms with van der Waals surface area (Å²) in [5.41, 5.74) is 13.3. The van der Waals surface area contributed by atoms with Crippen LogP contribution in [0.1, 0.15) is 37.0 Å². The Labute approximate surface area is 300 Å². The highest BCUT2D eigenvalue weighted by atomic mass is 14.9. The molecule has 1 heterocycles. The first-order chi connectivity index (χ1) is 25.1. The first-order valence-corrected chi connectivity index (χ1v) is 17.2. The predicted molar refractivity (Wildman–Crippen MR) is 213 cm³/mol. The Bertz CT molecular complexity index is 2390. The maximum atomic E-state index is 9.38. The van der Waals surface area contributed by atoms with Crippen molar-refractivity contribution in [3.05, 3.63) is 193 Å². The molecule has 6 aromatic carbocycles. The van der Waals surface area contributed by atoms with Gasteiger partial charge in [-0.1, -0.05) is 147 Å². The van der Waals surface area contributed by atoms with E-state index >= 15 is 0 Å². The van der Waals surface area contributed by atoms with Crippen LogP contribution in [0.25, 0.3) is 66.9 Å². The number of benzene rings is 6. The highest BCUT2D eigenvalue weighted by Gasteiger charge is 2.15. The summed E-state index contributed by atoms with van der Waals surface area (Å²) >= 11 is 0. The summed E-state index contributed by atoms with van der Waals surface area (Å²) in [6.45, 7) is 8.63. The van der Waals surface area contributed by atoms with Crippen LogP contribution in [0, 0.1) is 11.3 Å². The molecular weight excluding hydrogens is 619 g/mol. The van der Waals surface area contributed by atoms with Crippen molar-refractivity contribution in [3.8, 4) is 51.1 Å². The van der Waals surface area contributed by atoms with Crippen molar-refractivity contribution < 1.29 is 0 Å². The highest BCUT2D eigenvalue weighted by Crippen LogP contribution is 2.38. The summed E-state index contributed by atoms with van der Waals surface area (Å²) in [6, 6.07) is 54.2. The van der Waals surface area contributed by atoms with Gasteiger partial charge in [-0.3, -0.25) is 0 Å². The zero-order valence-corrected chi connectivity index (χ0v) is 28.8. The second-order valence-corrected chi connectivity index (χ2v) is 12.5. The van der Waals surface area contributed by atoms with Gasteiger partial charge in [-0.25, -0.2) is 9.97 Å². The maximum Gasteiger partial charge on any atom is 0.160 e. The highest BCUT2D eigenvalue weighted by molar-refractivity contribution is 6.02. The van der Waals surface area contributed by atoms with Crippen molar-refractivity contribution in [3.63, 3.8) is 0 Å². The van der Waals surface area contributed by atoms with E-state index < -0.39 is 0 Å². The van der Waals surface area contributed by atoms with E-state index in [2.05, 4.69) is 111 Å². The number of nitriles is 1. The van der Waals surface area contributed by atoms with Crippen molar-refractivity contribution in [1.29, 1.82) is 5.26 Å². The largest absolute Gasteiger partial charge is 0.228 e. The quantitative estimate of drug-likeness (QED) is 0.145. The molecule has 0 aliphatic heterocycles. The molecule has 0 bridgehead atoms. The van der Waals surface area contributed by atoms with E-state index in [0.29, 0.717) is 11.4 Å². The van der Waals surface area contributed by atoms with Crippen LogP contribution in [-0.4, -0.2) is 9.97 Å². The fourth-order valence-corrected chi connectivity index (χ4v) is 6.64. The summed E-state index contributed by atoms with van der Waals surface area (Å²) in [7, 11) is 0. The van der Waals surface area contributed by atoms with Crippen LogP contribution in [0.15, 0.2) is 176 Å². The molecule has 0 fully saturated rings. The van der Waals surface area contributed by atoms with Gasteiger partial charge in [0, 0.05) is 16.7 Å². The Morgan fingerprint density at radius 3 is 1.86 bits per heavy atom. The average Bonchev–Trinajstić information content (AvgIpc) is 3.20. The van der Waals surface area contributed by atoms with Crippen LogP contribution in [0.2, 0.25) is 0 Å². The van der Waals surface area contributed by atoms with Crippen molar-refractivity contribution >= 4 is 21.9 Å². The van der Waals surface area contributed by atoms with Crippen LogP contribution >= 0.6 is 0 Å². The molecular formula is C48H37N3. The molecule has 0 unspecified atom stereocenters. The van der Waals surface area contributed by atoms with Gasteiger partial charge in [0.05, 0.1) is 23.0 Å². The molecule has 0 amide bonds. The number of hydrogen-bond donors (Lipinski definition) is 0. The molecule has 7 aromatic rings. The van der Waals surface area contributed by atoms with Crippen molar-refractivity contribution in [2.45, 2.75) is 20.3 Å². The third kappa shape index (κ3) is 6.95. The fraction of sp³-hybridized carbons (Fsp3) is 0.0625. The zero-order valence-electron chi connectivity index (χ0n) is 28.8. The molecule has 3 nitrogen and oxygen atoms in total. The summed E-state index contributed by atoms with van der Waals surface area (Å²) in [4.78, 5) is 9.97. The number of allylic oxidation sites excluding steroid dienone is 5. The van der Waals surface area contributed by atoms with Crippen molar-refractivity contribution in [2.75, 3.05) is 0 Å². The molecule has 51 heavy (non-hydrogen) atoms. The summed E-state index contributed by atoms with van der Waals surface area (Å²) in [5.74, 6) is 0.698. The van der Waals surface area contributed by atoms with Crippen molar-refractivity contribution in [2.24, 2.45) is 0 Å². The lowest BCUT2D eigenvalue weighted by Gasteiger charge is -2.17. The predicted octanol–water partition coefficient (Wildman–Crippen LogP) is 12.6. The van der Waals surface area contributed by atoms with Gasteiger partial charge in [0.1, 0.15) is 0 Å². The van der Waals surface area contributed by atoms with E-state index in [1.165, 1.54) is 16.3 Å². The normalized spacial score (nSPS) is 11.9. The Morgan fingerprint density at radius 2 is 1.24 bits per heavy atom. The molecule has 7 rings (SSSR count). The lowest BCUT2D eigenvalue weighted by molar-refractivity contribution is 1.18. The molecule has 1 aromatic heterocycles. The van der Waals surface area contributed by atoms with Gasteiger partial charge in [0.15, 0.2) is 5.82 Å². The Balaban J connectivity index is 1.29. The first-order valence-electron chi connectivity index (χ1n) is 17.2. The van der Waals surface area contributed by atoms with E-state index in [9.17, 15) is 5.26 Å². The molecule has 0 radical (unpaired) electrons. The molecule has 0 spiro atoms. The van der Waals surface area contributed by atoms with Crippen LogP contribution in [0.4, 0.5) is 0 Å². The third-order valence-corrected chi connectivity index (χ3v) is 9.24. The molecule has 244 valence electrons. The van der Waals surface area contributed by atoms with Gasteiger partial charge in [0.2, 0.25) is 0 Å². The Morgan fingerprint density at radius 1 is 0.647 bits per heavy atom. The minimum atomic E-state index is 0.652. The monoisotopic (exact) mass is 655 g/mol. The molecule has 3 heteroatoms. The lowest BCUT2D eigenvalue weighted by Crippen LogP contribution is -1.96. The van der Waals surface area contributed by atoms with E-state index in [1.807, 2.05) is 78.9 Å². The standard InChI is InChI=1S/C48H37N3/c1-4-14-43(41-29-40-19-12-13-20-44(40)45(30-41)36-23-21-34(32-49)22-24-36)33(3)42(5-2)35-25-27-38(28-26-35)47-31-46(37-15-8-6-9-16-37)50-48(51-47)39-17-10-7-11-18-39/h5-31H,2,4H2,1,3H3/b42-33-,43-14+. The molecule has 0 aliphatic rings. The lowest BCUT2D eigenvalue weighted by atomic mass is 9.87. The van der Waals surface area contributed by atoms with Crippen LogP contribution < -0.4 is 0 Å².